The van der Waals surface area contributed by atoms with E-state index in [-0.39, 0.29) is 128 Å². The van der Waals surface area contributed by atoms with Crippen LogP contribution in [0.25, 0.3) is 0 Å². The van der Waals surface area contributed by atoms with Crippen molar-refractivity contribution in [3.63, 3.8) is 0 Å². The van der Waals surface area contributed by atoms with Gasteiger partial charge in [-0.05, 0) is 6.07 Å². The molecule has 0 radical (unpaired) electrons. The molecule has 0 aliphatic heterocycles. The van der Waals surface area contributed by atoms with Gasteiger partial charge in [-0.1, -0.05) is 58.0 Å². The molecule has 2 rings (SSSR count). The van der Waals surface area contributed by atoms with Gasteiger partial charge in [0.2, 0.25) is 15.8 Å². The Hall–Kier alpha value is -0.267. The summed E-state index contributed by atoms with van der Waals surface area (Å²) in [6.07, 6.45) is 1.98. The summed E-state index contributed by atoms with van der Waals surface area (Å²) < 4.78 is 53.1. The number of rotatable bonds is 5. The molecule has 39 heavy (non-hydrogen) atoms. The van der Waals surface area contributed by atoms with Gasteiger partial charge in [-0.3, -0.25) is 25.0 Å². The van der Waals surface area contributed by atoms with Crippen LogP contribution in [0.15, 0.2) is 48.5 Å². The van der Waals surface area contributed by atoms with Crippen molar-refractivity contribution >= 4 is 37.7 Å². The molecule has 0 fully saturated rings. The average Bonchev–Trinajstić information content (AvgIpc) is 2.80. The number of halogens is 1. The number of nitrogens with zero attached hydrogens (tertiary/aromatic N) is 2. The number of sulfonamides is 1. The molecule has 0 spiro atoms. The van der Waals surface area contributed by atoms with Crippen LogP contribution in [-0.2, 0) is 35.3 Å². The second kappa shape index (κ2) is 30.7. The molecule has 0 amide bonds. The maximum absolute atomic E-state index is 12.4. The van der Waals surface area contributed by atoms with E-state index in [0.717, 1.165) is 24.6 Å². The molecule has 0 saturated heterocycles. The Labute approximate surface area is 314 Å². The van der Waals surface area contributed by atoms with Gasteiger partial charge in [0, 0.05) is 24.0 Å². The Bertz CT molecular complexity index is 1150. The van der Waals surface area contributed by atoms with Gasteiger partial charge >= 0.3 is 108 Å². The van der Waals surface area contributed by atoms with E-state index in [9.17, 15) is 41.5 Å². The third-order valence-corrected chi connectivity index (χ3v) is 3.53. The molecule has 0 aromatic heterocycles. The third-order valence-electron chi connectivity index (χ3n) is 2.69. The fraction of sp³-hybridized carbons (Fsp3) is 0.350. The number of hydrogen-bond donors (Lipinski definition) is 1. The van der Waals surface area contributed by atoms with Crippen LogP contribution in [0.3, 0.4) is 0 Å². The molecule has 0 heterocycles. The van der Waals surface area contributed by atoms with Gasteiger partial charge in [0.15, 0.2) is 9.84 Å². The number of nitro groups is 2. The first-order chi connectivity index (χ1) is 17.0. The Balaban J connectivity index is -0.0000000741. The van der Waals surface area contributed by atoms with Gasteiger partial charge in [0.1, 0.15) is 0 Å². The normalized spacial score (nSPS) is 8.74. The summed E-state index contributed by atoms with van der Waals surface area (Å²) >= 11 is 0. The summed E-state index contributed by atoms with van der Waals surface area (Å²) in [4.78, 5) is 30.4. The summed E-state index contributed by atoms with van der Waals surface area (Å²) in [7, 11) is -6.40. The van der Waals surface area contributed by atoms with Crippen LogP contribution in [0.1, 0.15) is 34.7 Å². The average molecular weight is 652 g/mol. The van der Waals surface area contributed by atoms with Crippen molar-refractivity contribution in [2.75, 3.05) is 12.5 Å². The second-order valence-electron chi connectivity index (χ2n) is 5.69. The van der Waals surface area contributed by atoms with Gasteiger partial charge in [0.05, 0.1) is 21.9 Å². The Kier molecular flexibility index (Phi) is 40.5. The van der Waals surface area contributed by atoms with Crippen molar-refractivity contribution in [2.45, 2.75) is 33.4 Å². The van der Waals surface area contributed by atoms with Crippen LogP contribution in [-0.4, -0.2) is 45.7 Å². The fourth-order valence-corrected chi connectivity index (χ4v) is 2.50. The predicted molar refractivity (Wildman–Crippen MR) is 135 cm³/mol. The molecule has 14 nitrogen and oxygen atoms in total. The molecule has 2 N–H and O–H groups in total. The Morgan fingerprint density at radius 2 is 1.18 bits per heavy atom. The van der Waals surface area contributed by atoms with Crippen LogP contribution >= 0.6 is 0 Å². The number of benzene rings is 2. The van der Waals surface area contributed by atoms with Crippen LogP contribution in [0.4, 0.5) is 15.8 Å². The monoisotopic (exact) mass is 651 g/mol. The van der Waals surface area contributed by atoms with Crippen molar-refractivity contribution in [3.05, 3.63) is 80.1 Å². The Morgan fingerprint density at radius 1 is 0.872 bits per heavy atom. The molecule has 19 heteroatoms. The van der Waals surface area contributed by atoms with Gasteiger partial charge in [-0.15, -0.1) is 0 Å². The van der Waals surface area contributed by atoms with Crippen molar-refractivity contribution < 1.29 is 150 Å². The molecule has 0 saturated carbocycles. The van der Waals surface area contributed by atoms with Crippen LogP contribution in [0.5, 0.6) is 0 Å². The standard InChI is InChI=1S/C8H9NO4S.C6H4FNO2.2C2H6.CH5NO2S.CH2O3.2K.H/c1-14(12,13)6-7-4-2-3-5-8(7)9(10)11;7-5-3-1-2-4-6(5)8(9)10;2*1-2;1-5(2,3)4;2-1-4-3;;;/h2-5H,6H2,1H3;1-4H;2*1-2H3;1H3,(H2,2,3,4);1,3H;;;/q;;;;;;2*+1;-1/p-1. The number of primary sulfonamides is 1. The molecule has 0 aliphatic carbocycles. The molecular formula is C20H32FK2N3O11S2. The van der Waals surface area contributed by atoms with Gasteiger partial charge < -0.3 is 11.6 Å². The number of nitrogens with two attached hydrogens (primary N) is 1. The van der Waals surface area contributed by atoms with E-state index in [1.807, 2.05) is 27.7 Å². The van der Waals surface area contributed by atoms with E-state index < -0.39 is 41.2 Å². The van der Waals surface area contributed by atoms with E-state index >= 15 is 0 Å². The van der Waals surface area contributed by atoms with Gasteiger partial charge in [-0.25, -0.2) is 22.0 Å². The molecular weight excluding hydrogens is 620 g/mol. The second-order valence-corrected chi connectivity index (χ2v) is 9.49. The molecule has 0 unspecified atom stereocenters. The smallest absolute Gasteiger partial charge is 1.00 e. The van der Waals surface area contributed by atoms with Crippen LogP contribution < -0.4 is 113 Å². The zero-order chi connectivity index (χ0) is 30.2. The number of hydrogen-bond acceptors (Lipinski definition) is 11. The quantitative estimate of drug-likeness (QED) is 0.109. The van der Waals surface area contributed by atoms with E-state index in [0.29, 0.717) is 0 Å². The van der Waals surface area contributed by atoms with Gasteiger partial charge in [0.25, 0.3) is 12.2 Å². The minimum Gasteiger partial charge on any atom is -1.00 e. The summed E-state index contributed by atoms with van der Waals surface area (Å²) in [5, 5.41) is 33.3. The minimum atomic E-state index is -3.24. The van der Waals surface area contributed by atoms with E-state index in [2.05, 4.69) is 10.0 Å². The van der Waals surface area contributed by atoms with Crippen molar-refractivity contribution in [2.24, 2.45) is 5.14 Å². The largest absolute Gasteiger partial charge is 1.00 e. The fourth-order valence-electron chi connectivity index (χ4n) is 1.69. The number of nitro benzene ring substituents is 2. The molecule has 214 valence electrons. The van der Waals surface area contributed by atoms with Crippen molar-refractivity contribution in [1.29, 1.82) is 0 Å². The molecule has 2 aromatic carbocycles. The number of sulfone groups is 1. The molecule has 0 atom stereocenters. The van der Waals surface area contributed by atoms with Crippen molar-refractivity contribution in [1.82, 2.24) is 0 Å². The van der Waals surface area contributed by atoms with Crippen LogP contribution in [0, 0.1) is 26.0 Å². The van der Waals surface area contributed by atoms with Gasteiger partial charge in [-0.2, -0.15) is 4.39 Å². The zero-order valence-corrected chi connectivity index (χ0v) is 30.9. The first kappa shape index (κ1) is 51.5. The topological polar surface area (TPSA) is 230 Å². The van der Waals surface area contributed by atoms with E-state index in [1.165, 1.54) is 30.3 Å². The first-order valence-electron chi connectivity index (χ1n) is 10.0. The summed E-state index contributed by atoms with van der Waals surface area (Å²) in [5.41, 5.74) is -0.416. The summed E-state index contributed by atoms with van der Waals surface area (Å²) in [5.74, 6) is -1.10. The van der Waals surface area contributed by atoms with E-state index in [4.69, 9.17) is 10.1 Å². The van der Waals surface area contributed by atoms with Crippen molar-refractivity contribution in [3.8, 4) is 0 Å². The maximum Gasteiger partial charge on any atom is 1.00 e. The summed E-state index contributed by atoms with van der Waals surface area (Å²) in [6.45, 7) is 7.82. The zero-order valence-electron chi connectivity index (χ0n) is 24.1. The van der Waals surface area contributed by atoms with Crippen LogP contribution in [0.2, 0.25) is 0 Å². The Morgan fingerprint density at radius 3 is 1.44 bits per heavy atom. The SMILES string of the molecule is CC.CC.CS(=O)(=O)Cc1ccccc1[N+](=O)[O-].CS(N)(=O)=O.O=CO[O-].O=[N+]([O-])c1ccccc1F.[H-].[K+].[K+]. The van der Waals surface area contributed by atoms with E-state index in [1.54, 1.807) is 6.07 Å². The minimum absolute atomic E-state index is 0. The third kappa shape index (κ3) is 37.7. The molecule has 2 aromatic rings. The molecule has 0 aliphatic rings. The molecule has 0 bridgehead atoms. The number of para-hydroxylation sites is 2. The maximum atomic E-state index is 12.4. The first-order valence-corrected chi connectivity index (χ1v) is 14.0. The summed E-state index contributed by atoms with van der Waals surface area (Å²) in [6, 6.07) is 10.8. The number of carbonyl (C=O) groups excluding carboxylic acids is 1. The number of carbonyl (C=O) groups is 1. The predicted octanol–water partition coefficient (Wildman–Crippen LogP) is -3.61.